The van der Waals surface area contributed by atoms with E-state index in [9.17, 15) is 4.79 Å². The summed E-state index contributed by atoms with van der Waals surface area (Å²) in [5.74, 6) is 1.07. The molecule has 3 rings (SSSR count). The van der Waals surface area contributed by atoms with Gasteiger partial charge in [0.05, 0.1) is 14.2 Å². The number of carbonyl (C=O) groups excluding carboxylic acids is 1. The predicted octanol–water partition coefficient (Wildman–Crippen LogP) is 4.54. The van der Waals surface area contributed by atoms with E-state index >= 15 is 0 Å². The maximum Gasteiger partial charge on any atom is 0.255 e. The molecule has 0 aliphatic rings. The number of benzene rings is 3. The lowest BCUT2D eigenvalue weighted by atomic mass is 10.1. The maximum atomic E-state index is 12.6. The summed E-state index contributed by atoms with van der Waals surface area (Å²) < 4.78 is 16.8. The minimum atomic E-state index is -0.257. The molecule has 0 saturated heterocycles. The van der Waals surface area contributed by atoms with Crippen molar-refractivity contribution in [2.75, 3.05) is 19.5 Å². The van der Waals surface area contributed by atoms with E-state index in [1.54, 1.807) is 12.1 Å². The summed E-state index contributed by atoms with van der Waals surface area (Å²) in [5.41, 5.74) is 2.15. The van der Waals surface area contributed by atoms with Crippen molar-refractivity contribution in [2.24, 2.45) is 0 Å². The van der Waals surface area contributed by atoms with Crippen molar-refractivity contribution in [3.63, 3.8) is 0 Å². The summed E-state index contributed by atoms with van der Waals surface area (Å²) in [5, 5.41) is 2.85. The molecule has 0 heterocycles. The lowest BCUT2D eigenvalue weighted by molar-refractivity contribution is 0.102. The number of carbonyl (C=O) groups is 1. The number of hydrogen-bond acceptors (Lipinski definition) is 4. The molecule has 1 amide bonds. The van der Waals surface area contributed by atoms with Gasteiger partial charge in [-0.05, 0) is 29.8 Å². The van der Waals surface area contributed by atoms with Gasteiger partial charge in [-0.3, -0.25) is 4.79 Å². The van der Waals surface area contributed by atoms with Crippen LogP contribution >= 0.6 is 0 Å². The molecule has 0 radical (unpaired) electrons. The van der Waals surface area contributed by atoms with Gasteiger partial charge in [0.1, 0.15) is 6.61 Å². The van der Waals surface area contributed by atoms with E-state index in [1.165, 1.54) is 14.2 Å². The molecule has 1 N–H and O–H groups in total. The second kappa shape index (κ2) is 8.76. The average Bonchev–Trinajstić information content (AvgIpc) is 2.73. The molecule has 138 valence electrons. The van der Waals surface area contributed by atoms with Gasteiger partial charge in [0, 0.05) is 11.3 Å². The zero-order valence-corrected chi connectivity index (χ0v) is 15.3. The van der Waals surface area contributed by atoms with Crippen LogP contribution in [0.4, 0.5) is 5.69 Å². The molecule has 0 fully saturated rings. The van der Waals surface area contributed by atoms with E-state index in [0.717, 1.165) is 5.56 Å². The third kappa shape index (κ3) is 4.58. The molecule has 27 heavy (non-hydrogen) atoms. The summed E-state index contributed by atoms with van der Waals surface area (Å²) in [6.07, 6.45) is 0. The summed E-state index contributed by atoms with van der Waals surface area (Å²) in [7, 11) is 3.06. The highest BCUT2D eigenvalue weighted by atomic mass is 16.5. The molecule has 0 unspecified atom stereocenters. The average molecular weight is 363 g/mol. The number of anilines is 1. The highest BCUT2D eigenvalue weighted by molar-refractivity contribution is 6.05. The van der Waals surface area contributed by atoms with Crippen LogP contribution in [-0.2, 0) is 6.61 Å². The van der Waals surface area contributed by atoms with Crippen LogP contribution in [0, 0.1) is 0 Å². The minimum Gasteiger partial charge on any atom is -0.493 e. The van der Waals surface area contributed by atoms with Gasteiger partial charge >= 0.3 is 0 Å². The third-order valence-electron chi connectivity index (χ3n) is 3.98. The maximum absolute atomic E-state index is 12.6. The standard InChI is InChI=1S/C22H21NO4/c1-25-19-13-17(22(24)23-18-11-7-4-8-12-18)14-20(26-2)21(19)27-15-16-9-5-3-6-10-16/h3-14H,15H2,1-2H3,(H,23,24). The smallest absolute Gasteiger partial charge is 0.255 e. The lowest BCUT2D eigenvalue weighted by Crippen LogP contribution is -2.12. The molecule has 5 heteroatoms. The van der Waals surface area contributed by atoms with Crippen molar-refractivity contribution < 1.29 is 19.0 Å². The highest BCUT2D eigenvalue weighted by Gasteiger charge is 2.18. The molecule has 0 atom stereocenters. The summed E-state index contributed by atoms with van der Waals surface area (Å²) in [6, 6.07) is 22.3. The number of hydrogen-bond donors (Lipinski definition) is 1. The van der Waals surface area contributed by atoms with Crippen molar-refractivity contribution in [1.82, 2.24) is 0 Å². The van der Waals surface area contributed by atoms with E-state index in [4.69, 9.17) is 14.2 Å². The Labute approximate surface area is 158 Å². The van der Waals surface area contributed by atoms with Gasteiger partial charge in [0.2, 0.25) is 5.75 Å². The van der Waals surface area contributed by atoms with Gasteiger partial charge < -0.3 is 19.5 Å². The van der Waals surface area contributed by atoms with Crippen LogP contribution < -0.4 is 19.5 Å². The van der Waals surface area contributed by atoms with Crippen LogP contribution in [0.1, 0.15) is 15.9 Å². The zero-order chi connectivity index (χ0) is 19.1. The number of rotatable bonds is 7. The molecule has 0 aliphatic carbocycles. The SMILES string of the molecule is COc1cc(C(=O)Nc2ccccc2)cc(OC)c1OCc1ccccc1. The summed E-state index contributed by atoms with van der Waals surface area (Å²) in [4.78, 5) is 12.6. The molecule has 3 aromatic carbocycles. The Morgan fingerprint density at radius 1 is 0.852 bits per heavy atom. The Kier molecular flexibility index (Phi) is 5.94. The van der Waals surface area contributed by atoms with Crippen LogP contribution in [0.2, 0.25) is 0 Å². The molecular formula is C22H21NO4. The third-order valence-corrected chi connectivity index (χ3v) is 3.98. The van der Waals surface area contributed by atoms with Crippen molar-refractivity contribution in [1.29, 1.82) is 0 Å². The van der Waals surface area contributed by atoms with Gasteiger partial charge in [0.25, 0.3) is 5.91 Å². The monoisotopic (exact) mass is 363 g/mol. The molecule has 5 nitrogen and oxygen atoms in total. The largest absolute Gasteiger partial charge is 0.493 e. The van der Waals surface area contributed by atoms with Crippen LogP contribution in [0.5, 0.6) is 17.2 Å². The molecule has 0 saturated carbocycles. The first kappa shape index (κ1) is 18.3. The van der Waals surface area contributed by atoms with Gasteiger partial charge in [-0.15, -0.1) is 0 Å². The summed E-state index contributed by atoms with van der Waals surface area (Å²) in [6.45, 7) is 0.364. The fraction of sp³-hybridized carbons (Fsp3) is 0.136. The van der Waals surface area contributed by atoms with Crippen molar-refractivity contribution in [3.05, 3.63) is 83.9 Å². The normalized spacial score (nSPS) is 10.1. The van der Waals surface area contributed by atoms with Gasteiger partial charge in [-0.25, -0.2) is 0 Å². The van der Waals surface area contributed by atoms with Crippen molar-refractivity contribution in [3.8, 4) is 17.2 Å². The van der Waals surface area contributed by atoms with Gasteiger partial charge in [-0.2, -0.15) is 0 Å². The van der Waals surface area contributed by atoms with Gasteiger partial charge in [-0.1, -0.05) is 48.5 Å². The Morgan fingerprint density at radius 3 is 1.96 bits per heavy atom. The Bertz CT molecular complexity index is 870. The number of ether oxygens (including phenoxy) is 3. The first-order valence-corrected chi connectivity index (χ1v) is 8.50. The van der Waals surface area contributed by atoms with E-state index in [2.05, 4.69) is 5.32 Å². The lowest BCUT2D eigenvalue weighted by Gasteiger charge is -2.16. The highest BCUT2D eigenvalue weighted by Crippen LogP contribution is 2.39. The van der Waals surface area contributed by atoms with E-state index in [1.807, 2.05) is 60.7 Å². The Morgan fingerprint density at radius 2 is 1.41 bits per heavy atom. The van der Waals surface area contributed by atoms with Crippen LogP contribution in [0.3, 0.4) is 0 Å². The molecular weight excluding hydrogens is 342 g/mol. The van der Waals surface area contributed by atoms with E-state index in [-0.39, 0.29) is 5.91 Å². The molecule has 0 aromatic heterocycles. The zero-order valence-electron chi connectivity index (χ0n) is 15.3. The van der Waals surface area contributed by atoms with Crippen molar-refractivity contribution in [2.45, 2.75) is 6.61 Å². The first-order valence-electron chi connectivity index (χ1n) is 8.50. The molecule has 0 bridgehead atoms. The molecule has 3 aromatic rings. The van der Waals surface area contributed by atoms with Crippen molar-refractivity contribution >= 4 is 11.6 Å². The fourth-order valence-electron chi connectivity index (χ4n) is 2.61. The Hall–Kier alpha value is -3.47. The number of methoxy groups -OCH3 is 2. The summed E-state index contributed by atoms with van der Waals surface area (Å²) >= 11 is 0. The van der Waals surface area contributed by atoms with Crippen LogP contribution in [0.15, 0.2) is 72.8 Å². The van der Waals surface area contributed by atoms with E-state index < -0.39 is 0 Å². The van der Waals surface area contributed by atoms with Crippen LogP contribution in [-0.4, -0.2) is 20.1 Å². The first-order chi connectivity index (χ1) is 13.2. The fourth-order valence-corrected chi connectivity index (χ4v) is 2.61. The minimum absolute atomic E-state index is 0.257. The number of para-hydroxylation sites is 1. The quantitative estimate of drug-likeness (QED) is 0.670. The molecule has 0 aliphatic heterocycles. The Balaban J connectivity index is 1.84. The topological polar surface area (TPSA) is 56.8 Å². The van der Waals surface area contributed by atoms with E-state index in [0.29, 0.717) is 35.1 Å². The second-order valence-electron chi connectivity index (χ2n) is 5.80. The predicted molar refractivity (Wildman–Crippen MR) is 105 cm³/mol. The second-order valence-corrected chi connectivity index (χ2v) is 5.80. The molecule has 0 spiro atoms. The number of nitrogens with one attached hydrogen (secondary N) is 1. The number of amides is 1. The van der Waals surface area contributed by atoms with Crippen LogP contribution in [0.25, 0.3) is 0 Å². The van der Waals surface area contributed by atoms with Gasteiger partial charge in [0.15, 0.2) is 11.5 Å².